The third-order valence-electron chi connectivity index (χ3n) is 5.39. The number of carbonyl (C=O) groups excluding carboxylic acids is 1. The van der Waals surface area contributed by atoms with Gasteiger partial charge < -0.3 is 4.74 Å². The molecule has 2 heteroatoms. The van der Waals surface area contributed by atoms with Crippen LogP contribution in [0.25, 0.3) is 0 Å². The van der Waals surface area contributed by atoms with Crippen LogP contribution in [-0.4, -0.2) is 12.6 Å². The van der Waals surface area contributed by atoms with E-state index < -0.39 is 0 Å². The van der Waals surface area contributed by atoms with Crippen molar-refractivity contribution in [2.45, 2.75) is 113 Å². The first kappa shape index (κ1) is 26.2. The van der Waals surface area contributed by atoms with Gasteiger partial charge in [-0.1, -0.05) is 92.1 Å². The van der Waals surface area contributed by atoms with E-state index in [0.717, 1.165) is 24.2 Å². The molecule has 0 N–H and O–H groups in total. The first-order chi connectivity index (χ1) is 12.7. The van der Waals surface area contributed by atoms with Gasteiger partial charge in [-0.15, -0.1) is 0 Å². The summed E-state index contributed by atoms with van der Waals surface area (Å²) in [6, 6.07) is 0. The third kappa shape index (κ3) is 18.3. The number of esters is 1. The van der Waals surface area contributed by atoms with Crippen LogP contribution in [0.4, 0.5) is 0 Å². The monoisotopic (exact) mass is 380 g/mol. The minimum absolute atomic E-state index is 0.0823. The smallest absolute Gasteiger partial charge is 0.306 e. The summed E-state index contributed by atoms with van der Waals surface area (Å²) in [5.41, 5.74) is 1.35. The summed E-state index contributed by atoms with van der Waals surface area (Å²) in [6.45, 7) is 16.1. The largest absolute Gasteiger partial charge is 0.461 e. The quantitative estimate of drug-likeness (QED) is 0.200. The molecule has 0 saturated heterocycles. The van der Waals surface area contributed by atoms with Crippen LogP contribution in [0.2, 0.25) is 0 Å². The Bertz CT molecular complexity index is 395. The van der Waals surface area contributed by atoms with Crippen LogP contribution in [0, 0.1) is 23.7 Å². The number of carbonyl (C=O) groups is 1. The molecular formula is C25H48O2. The lowest BCUT2D eigenvalue weighted by Crippen LogP contribution is -2.07. The lowest BCUT2D eigenvalue weighted by Gasteiger charge is -2.15. The molecule has 0 saturated carbocycles. The minimum atomic E-state index is -0.0823. The van der Waals surface area contributed by atoms with Gasteiger partial charge in [-0.3, -0.25) is 4.79 Å². The molecule has 0 heterocycles. The highest BCUT2D eigenvalue weighted by atomic mass is 16.5. The minimum Gasteiger partial charge on any atom is -0.461 e. The highest BCUT2D eigenvalue weighted by molar-refractivity contribution is 5.69. The Balaban J connectivity index is 3.70. The fraction of sp³-hybridized carbons (Fsp3) is 0.880. The molecular weight excluding hydrogens is 332 g/mol. The Hall–Kier alpha value is -0.790. The molecule has 0 aliphatic rings. The Labute approximate surface area is 170 Å². The molecule has 2 nitrogen and oxygen atoms in total. The van der Waals surface area contributed by atoms with E-state index in [1.807, 2.05) is 13.8 Å². The molecule has 2 atom stereocenters. The van der Waals surface area contributed by atoms with Gasteiger partial charge in [0.15, 0.2) is 0 Å². The summed E-state index contributed by atoms with van der Waals surface area (Å²) in [7, 11) is 0. The molecule has 0 rings (SSSR count). The Morgan fingerprint density at radius 2 is 1.30 bits per heavy atom. The first-order valence-corrected chi connectivity index (χ1v) is 11.5. The van der Waals surface area contributed by atoms with Crippen LogP contribution >= 0.6 is 0 Å². The summed E-state index contributed by atoms with van der Waals surface area (Å²) in [4.78, 5) is 11.5. The van der Waals surface area contributed by atoms with E-state index in [2.05, 4.69) is 40.7 Å². The zero-order valence-electron chi connectivity index (χ0n) is 19.5. The van der Waals surface area contributed by atoms with E-state index in [0.29, 0.717) is 18.9 Å². The second-order valence-corrected chi connectivity index (χ2v) is 9.69. The fourth-order valence-electron chi connectivity index (χ4n) is 3.48. The van der Waals surface area contributed by atoms with Crippen LogP contribution in [0.15, 0.2) is 11.6 Å². The van der Waals surface area contributed by atoms with Crippen molar-refractivity contribution in [3.63, 3.8) is 0 Å². The fourth-order valence-corrected chi connectivity index (χ4v) is 3.48. The lowest BCUT2D eigenvalue weighted by atomic mass is 9.91. The molecule has 160 valence electrons. The molecule has 27 heavy (non-hydrogen) atoms. The van der Waals surface area contributed by atoms with Crippen LogP contribution in [0.1, 0.15) is 113 Å². The van der Waals surface area contributed by atoms with Gasteiger partial charge in [-0.2, -0.15) is 0 Å². The maximum absolute atomic E-state index is 11.5. The average molecular weight is 381 g/mol. The van der Waals surface area contributed by atoms with Crippen molar-refractivity contribution in [2.24, 2.45) is 23.7 Å². The Morgan fingerprint density at radius 1 is 0.778 bits per heavy atom. The third-order valence-corrected chi connectivity index (χ3v) is 5.39. The zero-order valence-corrected chi connectivity index (χ0v) is 19.5. The molecule has 2 unspecified atom stereocenters. The molecule has 0 amide bonds. The van der Waals surface area contributed by atoms with Crippen LogP contribution < -0.4 is 0 Å². The van der Waals surface area contributed by atoms with E-state index >= 15 is 0 Å². The van der Waals surface area contributed by atoms with E-state index in [4.69, 9.17) is 4.74 Å². The number of ether oxygens (including phenoxy) is 1. The summed E-state index contributed by atoms with van der Waals surface area (Å²) < 4.78 is 5.25. The van der Waals surface area contributed by atoms with E-state index in [9.17, 15) is 4.79 Å². The predicted molar refractivity (Wildman–Crippen MR) is 119 cm³/mol. The number of allylic oxidation sites excluding steroid dienone is 1. The molecule has 0 aromatic rings. The molecule has 0 aromatic carbocycles. The standard InChI is InChI=1S/C25H48O2/c1-20(2)11-8-12-22(5)13-9-14-23(6)15-10-16-24(7)17-18-27-25(26)19-21(3)4/h17,20-23H,8-16,18-19H2,1-7H3. The maximum atomic E-state index is 11.5. The molecule has 0 aliphatic heterocycles. The van der Waals surface area contributed by atoms with Crippen molar-refractivity contribution < 1.29 is 9.53 Å². The zero-order chi connectivity index (χ0) is 20.7. The van der Waals surface area contributed by atoms with Gasteiger partial charge >= 0.3 is 5.97 Å². The van der Waals surface area contributed by atoms with Crippen LogP contribution in [-0.2, 0) is 9.53 Å². The summed E-state index contributed by atoms with van der Waals surface area (Å²) in [5.74, 6) is 2.85. The van der Waals surface area contributed by atoms with Crippen molar-refractivity contribution in [2.75, 3.05) is 6.61 Å². The topological polar surface area (TPSA) is 26.3 Å². The van der Waals surface area contributed by atoms with Crippen molar-refractivity contribution in [1.82, 2.24) is 0 Å². The van der Waals surface area contributed by atoms with Crippen molar-refractivity contribution >= 4 is 5.97 Å². The normalized spacial score (nSPS) is 14.6. The maximum Gasteiger partial charge on any atom is 0.306 e. The Morgan fingerprint density at radius 3 is 1.81 bits per heavy atom. The molecule has 0 aliphatic carbocycles. The van der Waals surface area contributed by atoms with Gasteiger partial charge in [0, 0.05) is 6.42 Å². The molecule has 0 spiro atoms. The van der Waals surface area contributed by atoms with Crippen molar-refractivity contribution in [1.29, 1.82) is 0 Å². The van der Waals surface area contributed by atoms with Crippen molar-refractivity contribution in [3.8, 4) is 0 Å². The number of hydrogen-bond donors (Lipinski definition) is 0. The summed E-state index contributed by atoms with van der Waals surface area (Å²) >= 11 is 0. The highest BCUT2D eigenvalue weighted by Crippen LogP contribution is 2.22. The summed E-state index contributed by atoms with van der Waals surface area (Å²) in [5, 5.41) is 0. The SMILES string of the molecule is CC(=CCOC(=O)CC(C)C)CCCC(C)CCCC(C)CCCC(C)C. The van der Waals surface area contributed by atoms with Gasteiger partial charge in [0.1, 0.15) is 6.61 Å². The molecule has 0 fully saturated rings. The summed E-state index contributed by atoms with van der Waals surface area (Å²) in [6.07, 6.45) is 14.6. The second kappa shape index (κ2) is 16.2. The van der Waals surface area contributed by atoms with E-state index in [1.165, 1.54) is 56.9 Å². The second-order valence-electron chi connectivity index (χ2n) is 9.69. The van der Waals surface area contributed by atoms with Gasteiger partial charge in [0.2, 0.25) is 0 Å². The lowest BCUT2D eigenvalue weighted by molar-refractivity contribution is -0.143. The Kier molecular flexibility index (Phi) is 15.7. The number of hydrogen-bond acceptors (Lipinski definition) is 2. The van der Waals surface area contributed by atoms with Crippen LogP contribution in [0.5, 0.6) is 0 Å². The first-order valence-electron chi connectivity index (χ1n) is 11.5. The van der Waals surface area contributed by atoms with Crippen LogP contribution in [0.3, 0.4) is 0 Å². The molecule has 0 aromatic heterocycles. The van der Waals surface area contributed by atoms with Gasteiger partial charge in [0.25, 0.3) is 0 Å². The molecule has 0 bridgehead atoms. The molecule has 0 radical (unpaired) electrons. The number of rotatable bonds is 16. The van der Waals surface area contributed by atoms with E-state index in [1.54, 1.807) is 0 Å². The van der Waals surface area contributed by atoms with Crippen molar-refractivity contribution in [3.05, 3.63) is 11.6 Å². The highest BCUT2D eigenvalue weighted by Gasteiger charge is 2.07. The predicted octanol–water partition coefficient (Wildman–Crippen LogP) is 7.96. The van der Waals surface area contributed by atoms with Gasteiger partial charge in [0.05, 0.1) is 0 Å². The van der Waals surface area contributed by atoms with Gasteiger partial charge in [-0.25, -0.2) is 0 Å². The average Bonchev–Trinajstić information content (AvgIpc) is 2.53. The van der Waals surface area contributed by atoms with E-state index in [-0.39, 0.29) is 5.97 Å². The van der Waals surface area contributed by atoms with Gasteiger partial charge in [-0.05, 0) is 49.5 Å².